The molecule has 2 rings (SSSR count). The van der Waals surface area contributed by atoms with Crippen molar-refractivity contribution < 1.29 is 32.4 Å². The number of ether oxygens (including phenoxy) is 2. The Labute approximate surface area is 133 Å². The fraction of sp³-hybridized carbons (Fsp3) is 0.133. The van der Waals surface area contributed by atoms with E-state index in [1.807, 2.05) is 0 Å². The molecule has 2 aromatic carbocycles. The first kappa shape index (κ1) is 17.3. The van der Waals surface area contributed by atoms with E-state index in [9.17, 15) is 28.1 Å². The maximum Gasteiger partial charge on any atom is 0.420 e. The first-order valence-electron chi connectivity index (χ1n) is 6.45. The molecule has 0 aliphatic carbocycles. The summed E-state index contributed by atoms with van der Waals surface area (Å²) < 4.78 is 49.3. The lowest BCUT2D eigenvalue weighted by atomic mass is 10.1. The van der Waals surface area contributed by atoms with Gasteiger partial charge in [-0.15, -0.1) is 0 Å². The van der Waals surface area contributed by atoms with E-state index in [1.165, 1.54) is 24.3 Å². The van der Waals surface area contributed by atoms with Crippen molar-refractivity contribution in [2.75, 3.05) is 7.11 Å². The van der Waals surface area contributed by atoms with Gasteiger partial charge in [-0.1, -0.05) is 18.2 Å². The Hall–Kier alpha value is -3.10. The van der Waals surface area contributed by atoms with E-state index in [-0.39, 0.29) is 5.75 Å². The van der Waals surface area contributed by atoms with Crippen LogP contribution in [0.5, 0.6) is 11.5 Å². The summed E-state index contributed by atoms with van der Waals surface area (Å²) in [6, 6.07) is 8.42. The Kier molecular flexibility index (Phi) is 4.72. The molecule has 0 aliphatic heterocycles. The highest BCUT2D eigenvalue weighted by Crippen LogP contribution is 2.44. The van der Waals surface area contributed by atoms with Crippen molar-refractivity contribution in [2.45, 2.75) is 6.18 Å². The van der Waals surface area contributed by atoms with Crippen molar-refractivity contribution in [3.63, 3.8) is 0 Å². The van der Waals surface area contributed by atoms with Crippen LogP contribution in [0.2, 0.25) is 0 Å². The third-order valence-corrected chi connectivity index (χ3v) is 2.96. The Bertz CT molecular complexity index is 775. The van der Waals surface area contributed by atoms with E-state index >= 15 is 0 Å². The van der Waals surface area contributed by atoms with Crippen LogP contribution in [0.3, 0.4) is 0 Å². The molecule has 0 amide bonds. The molecule has 0 saturated heterocycles. The van der Waals surface area contributed by atoms with Gasteiger partial charge >= 0.3 is 17.8 Å². The summed E-state index contributed by atoms with van der Waals surface area (Å²) in [6.07, 6.45) is -4.97. The van der Waals surface area contributed by atoms with Crippen LogP contribution in [0.25, 0.3) is 0 Å². The van der Waals surface area contributed by atoms with E-state index in [1.54, 1.807) is 6.07 Å². The normalized spacial score (nSPS) is 11.0. The van der Waals surface area contributed by atoms with Crippen LogP contribution < -0.4 is 4.74 Å². The van der Waals surface area contributed by atoms with Crippen molar-refractivity contribution >= 4 is 11.7 Å². The first-order valence-corrected chi connectivity index (χ1v) is 6.45. The van der Waals surface area contributed by atoms with Gasteiger partial charge in [-0.05, 0) is 18.2 Å². The second-order valence-electron chi connectivity index (χ2n) is 4.53. The smallest absolute Gasteiger partial charge is 0.420 e. The van der Waals surface area contributed by atoms with Gasteiger partial charge in [-0.3, -0.25) is 10.1 Å². The molecular formula is C15H10F3NO5. The number of nitro groups is 1. The van der Waals surface area contributed by atoms with Crippen LogP contribution in [-0.4, -0.2) is 18.0 Å². The van der Waals surface area contributed by atoms with Crippen molar-refractivity contribution in [1.29, 1.82) is 0 Å². The monoisotopic (exact) mass is 341 g/mol. The lowest BCUT2D eigenvalue weighted by Crippen LogP contribution is -2.12. The first-order chi connectivity index (χ1) is 11.2. The van der Waals surface area contributed by atoms with E-state index in [4.69, 9.17) is 4.74 Å². The highest BCUT2D eigenvalue weighted by atomic mass is 19.4. The summed E-state index contributed by atoms with van der Waals surface area (Å²) in [5.41, 5.74) is -3.04. The fourth-order valence-corrected chi connectivity index (χ4v) is 1.91. The average molecular weight is 341 g/mol. The molecule has 0 atom stereocenters. The van der Waals surface area contributed by atoms with Crippen molar-refractivity contribution in [3.8, 4) is 11.5 Å². The number of hydrogen-bond donors (Lipinski definition) is 0. The highest BCUT2D eigenvalue weighted by molar-refractivity contribution is 5.91. The molecule has 0 fully saturated rings. The zero-order valence-electron chi connectivity index (χ0n) is 12.2. The highest BCUT2D eigenvalue weighted by Gasteiger charge is 2.40. The lowest BCUT2D eigenvalue weighted by molar-refractivity contribution is -0.385. The zero-order chi connectivity index (χ0) is 17.9. The lowest BCUT2D eigenvalue weighted by Gasteiger charge is -2.15. The van der Waals surface area contributed by atoms with Gasteiger partial charge in [0.1, 0.15) is 11.3 Å². The average Bonchev–Trinajstić information content (AvgIpc) is 2.53. The number of esters is 1. The van der Waals surface area contributed by atoms with E-state index in [0.717, 1.165) is 7.11 Å². The van der Waals surface area contributed by atoms with Gasteiger partial charge in [0.05, 0.1) is 17.6 Å². The van der Waals surface area contributed by atoms with Crippen molar-refractivity contribution in [1.82, 2.24) is 0 Å². The number of methoxy groups -OCH3 is 1. The number of nitro benzene ring substituents is 1. The Morgan fingerprint density at radius 1 is 1.17 bits per heavy atom. The molecular weight excluding hydrogens is 331 g/mol. The van der Waals surface area contributed by atoms with Gasteiger partial charge in [-0.2, -0.15) is 13.2 Å². The fourth-order valence-electron chi connectivity index (χ4n) is 1.91. The summed E-state index contributed by atoms with van der Waals surface area (Å²) in [5, 5.41) is 11.2. The number of para-hydroxylation sites is 1. The predicted octanol–water partition coefficient (Wildman–Crippen LogP) is 4.19. The summed E-state index contributed by atoms with van der Waals surface area (Å²) >= 11 is 0. The zero-order valence-corrected chi connectivity index (χ0v) is 12.2. The minimum Gasteiger partial charge on any atom is -0.465 e. The van der Waals surface area contributed by atoms with E-state index < -0.39 is 39.6 Å². The number of rotatable bonds is 4. The number of hydrogen-bond acceptors (Lipinski definition) is 5. The molecule has 126 valence electrons. The van der Waals surface area contributed by atoms with Crippen molar-refractivity contribution in [3.05, 3.63) is 63.7 Å². The Morgan fingerprint density at radius 3 is 2.29 bits per heavy atom. The van der Waals surface area contributed by atoms with Gasteiger partial charge < -0.3 is 9.47 Å². The van der Waals surface area contributed by atoms with Crippen LogP contribution >= 0.6 is 0 Å². The number of carbonyl (C=O) groups excluding carboxylic acids is 1. The van der Waals surface area contributed by atoms with Crippen LogP contribution in [-0.2, 0) is 10.9 Å². The van der Waals surface area contributed by atoms with E-state index in [0.29, 0.717) is 12.1 Å². The third-order valence-electron chi connectivity index (χ3n) is 2.96. The molecule has 9 heteroatoms. The molecule has 6 nitrogen and oxygen atoms in total. The second kappa shape index (κ2) is 6.57. The van der Waals surface area contributed by atoms with E-state index in [2.05, 4.69) is 4.74 Å². The van der Waals surface area contributed by atoms with Gasteiger partial charge in [0, 0.05) is 6.07 Å². The molecule has 0 heterocycles. The van der Waals surface area contributed by atoms with Crippen LogP contribution in [0.15, 0.2) is 42.5 Å². The largest absolute Gasteiger partial charge is 0.465 e. The summed E-state index contributed by atoms with van der Waals surface area (Å²) in [6.45, 7) is 0. The number of halogens is 3. The summed E-state index contributed by atoms with van der Waals surface area (Å²) in [5.74, 6) is -2.14. The minimum atomic E-state index is -4.97. The topological polar surface area (TPSA) is 78.7 Å². The third kappa shape index (κ3) is 3.62. The molecule has 24 heavy (non-hydrogen) atoms. The number of benzene rings is 2. The van der Waals surface area contributed by atoms with Gasteiger partial charge in [0.25, 0.3) is 0 Å². The minimum absolute atomic E-state index is 0.0167. The van der Waals surface area contributed by atoms with Gasteiger partial charge in [0.2, 0.25) is 5.75 Å². The molecule has 2 aromatic rings. The van der Waals surface area contributed by atoms with Gasteiger partial charge in [-0.25, -0.2) is 4.79 Å². The quantitative estimate of drug-likeness (QED) is 0.473. The summed E-state index contributed by atoms with van der Waals surface area (Å²) in [4.78, 5) is 21.6. The number of carbonyl (C=O) groups is 1. The molecule has 0 aromatic heterocycles. The summed E-state index contributed by atoms with van der Waals surface area (Å²) in [7, 11) is 0.954. The SMILES string of the molecule is COC(=O)c1cc([N+](=O)[O-])c(Oc2ccccc2)c(C(F)(F)F)c1. The second-order valence-corrected chi connectivity index (χ2v) is 4.53. The standard InChI is InChI=1S/C15H10F3NO5/c1-23-14(20)9-7-11(15(16,17)18)13(12(8-9)19(21)22)24-10-5-3-2-4-6-10/h2-8H,1H3. The van der Waals surface area contributed by atoms with Gasteiger partial charge in [0.15, 0.2) is 0 Å². The molecule has 0 saturated carbocycles. The molecule has 0 bridgehead atoms. The molecule has 0 N–H and O–H groups in total. The molecule has 0 unspecified atom stereocenters. The van der Waals surface area contributed by atoms with Crippen LogP contribution in [0.1, 0.15) is 15.9 Å². The maximum atomic E-state index is 13.3. The van der Waals surface area contributed by atoms with Crippen LogP contribution in [0, 0.1) is 10.1 Å². The molecule has 0 aliphatic rings. The predicted molar refractivity (Wildman–Crippen MR) is 76.0 cm³/mol. The van der Waals surface area contributed by atoms with Crippen LogP contribution in [0.4, 0.5) is 18.9 Å². The Balaban J connectivity index is 2.69. The van der Waals surface area contributed by atoms with Crippen molar-refractivity contribution in [2.24, 2.45) is 0 Å². The number of alkyl halides is 3. The Morgan fingerprint density at radius 2 is 1.79 bits per heavy atom. The molecule has 0 spiro atoms. The number of nitrogens with zero attached hydrogens (tertiary/aromatic N) is 1. The molecule has 0 radical (unpaired) electrons. The maximum absolute atomic E-state index is 13.3.